The van der Waals surface area contributed by atoms with Crippen molar-refractivity contribution in [2.45, 2.75) is 33.1 Å². The van der Waals surface area contributed by atoms with Crippen LogP contribution in [0.2, 0.25) is 0 Å². The van der Waals surface area contributed by atoms with Crippen LogP contribution in [0, 0.1) is 17.7 Å². The Morgan fingerprint density at radius 3 is 2.76 bits per heavy atom. The molecule has 0 radical (unpaired) electrons. The normalized spacial score (nSPS) is 21.8. The summed E-state index contributed by atoms with van der Waals surface area (Å²) in [5.41, 5.74) is 3.57. The van der Waals surface area contributed by atoms with Gasteiger partial charge in [0, 0.05) is 11.8 Å². The third-order valence-electron chi connectivity index (χ3n) is 3.76. The number of amides is 1. The summed E-state index contributed by atoms with van der Waals surface area (Å²) in [6.07, 6.45) is 3.43. The van der Waals surface area contributed by atoms with Gasteiger partial charge in [0.05, 0.1) is 0 Å². The molecule has 1 aliphatic rings. The Bertz CT molecular complexity index is 519. The van der Waals surface area contributed by atoms with E-state index in [4.69, 9.17) is 4.74 Å². The van der Waals surface area contributed by atoms with Crippen LogP contribution in [0.15, 0.2) is 29.4 Å². The van der Waals surface area contributed by atoms with Gasteiger partial charge >= 0.3 is 0 Å². The van der Waals surface area contributed by atoms with Crippen LogP contribution in [0.4, 0.5) is 4.39 Å². The van der Waals surface area contributed by atoms with Gasteiger partial charge in [0.1, 0.15) is 11.6 Å². The van der Waals surface area contributed by atoms with Crippen molar-refractivity contribution in [1.29, 1.82) is 0 Å². The quantitative estimate of drug-likeness (QED) is 0.867. The maximum atomic E-state index is 13.0. The first-order chi connectivity index (χ1) is 10.1. The van der Waals surface area contributed by atoms with Crippen LogP contribution in [-0.4, -0.2) is 18.2 Å². The molecule has 0 aromatic heterocycles. The molecule has 0 bridgehead atoms. The van der Waals surface area contributed by atoms with E-state index in [1.54, 1.807) is 6.07 Å². The lowest BCUT2D eigenvalue weighted by Crippen LogP contribution is -2.31. The lowest BCUT2D eigenvalue weighted by molar-refractivity contribution is -0.123. The Labute approximate surface area is 124 Å². The summed E-state index contributed by atoms with van der Waals surface area (Å²) in [6, 6.07) is 5.71. The van der Waals surface area contributed by atoms with E-state index in [1.807, 2.05) is 0 Å². The first-order valence-electron chi connectivity index (χ1n) is 7.31. The standard InChI is InChI=1S/C16H21FN2O2/c1-11-5-3-6-12(2)16(11)19-18-15(20)10-21-14-8-4-7-13(17)9-14/h4,7-9,11-12H,3,5-6,10H2,1-2H3,(H,18,20)/t11-,12-/m0/s1. The molecule has 0 unspecified atom stereocenters. The van der Waals surface area contributed by atoms with Crippen LogP contribution in [0.5, 0.6) is 5.75 Å². The second-order valence-electron chi connectivity index (χ2n) is 5.55. The van der Waals surface area contributed by atoms with Gasteiger partial charge in [-0.3, -0.25) is 4.79 Å². The molecule has 0 heterocycles. The number of nitrogens with zero attached hydrogens (tertiary/aromatic N) is 1. The number of halogens is 1. The molecule has 1 amide bonds. The summed E-state index contributed by atoms with van der Waals surface area (Å²) >= 11 is 0. The minimum atomic E-state index is -0.391. The fraction of sp³-hybridized carbons (Fsp3) is 0.500. The molecule has 0 aliphatic heterocycles. The van der Waals surface area contributed by atoms with Crippen molar-refractivity contribution in [3.05, 3.63) is 30.1 Å². The Hall–Kier alpha value is -1.91. The fourth-order valence-electron chi connectivity index (χ4n) is 2.60. The number of carbonyl (C=O) groups excluding carboxylic acids is 1. The highest BCUT2D eigenvalue weighted by Crippen LogP contribution is 2.25. The van der Waals surface area contributed by atoms with E-state index in [1.165, 1.54) is 24.6 Å². The second-order valence-corrected chi connectivity index (χ2v) is 5.55. The van der Waals surface area contributed by atoms with Crippen molar-refractivity contribution in [2.24, 2.45) is 16.9 Å². The summed E-state index contributed by atoms with van der Waals surface area (Å²) < 4.78 is 18.2. The lowest BCUT2D eigenvalue weighted by atomic mass is 9.81. The molecular formula is C16H21FN2O2. The van der Waals surface area contributed by atoms with Crippen LogP contribution < -0.4 is 10.2 Å². The molecule has 0 spiro atoms. The first-order valence-corrected chi connectivity index (χ1v) is 7.31. The number of hydrogen-bond donors (Lipinski definition) is 1. The predicted molar refractivity (Wildman–Crippen MR) is 79.7 cm³/mol. The van der Waals surface area contributed by atoms with E-state index < -0.39 is 5.82 Å². The topological polar surface area (TPSA) is 50.7 Å². The molecule has 0 saturated heterocycles. The smallest absolute Gasteiger partial charge is 0.277 e. The van der Waals surface area contributed by atoms with Crippen LogP contribution in [0.3, 0.4) is 0 Å². The summed E-state index contributed by atoms with van der Waals surface area (Å²) in [5.74, 6) is 0.406. The number of ether oxygens (including phenoxy) is 1. The van der Waals surface area contributed by atoms with Crippen LogP contribution in [0.1, 0.15) is 33.1 Å². The minimum Gasteiger partial charge on any atom is -0.484 e. The maximum Gasteiger partial charge on any atom is 0.277 e. The zero-order chi connectivity index (χ0) is 15.2. The largest absolute Gasteiger partial charge is 0.484 e. The zero-order valence-electron chi connectivity index (χ0n) is 12.4. The summed E-state index contributed by atoms with van der Waals surface area (Å²) in [4.78, 5) is 11.7. The van der Waals surface area contributed by atoms with Gasteiger partial charge in [-0.15, -0.1) is 0 Å². The molecule has 2 atom stereocenters. The Kier molecular flexibility index (Phi) is 5.31. The molecule has 1 N–H and O–H groups in total. The van der Waals surface area contributed by atoms with Gasteiger partial charge in [-0.1, -0.05) is 26.3 Å². The molecule has 1 aromatic carbocycles. The molecule has 1 saturated carbocycles. The molecule has 114 valence electrons. The minimum absolute atomic E-state index is 0.178. The number of carbonyl (C=O) groups is 1. The number of nitrogens with one attached hydrogen (secondary N) is 1. The first kappa shape index (κ1) is 15.5. The Morgan fingerprint density at radius 2 is 2.10 bits per heavy atom. The molecule has 4 nitrogen and oxygen atoms in total. The van der Waals surface area contributed by atoms with E-state index in [2.05, 4.69) is 24.4 Å². The van der Waals surface area contributed by atoms with Gasteiger partial charge in [0.25, 0.3) is 5.91 Å². The zero-order valence-corrected chi connectivity index (χ0v) is 12.4. The number of hydrazone groups is 1. The SMILES string of the molecule is C[C@H]1CCC[C@H](C)C1=NNC(=O)COc1cccc(F)c1. The maximum absolute atomic E-state index is 13.0. The van der Waals surface area contributed by atoms with Gasteiger partial charge in [0.15, 0.2) is 6.61 Å². The van der Waals surface area contributed by atoms with Crippen molar-refractivity contribution in [2.75, 3.05) is 6.61 Å². The summed E-state index contributed by atoms with van der Waals surface area (Å²) in [5, 5.41) is 4.24. The van der Waals surface area contributed by atoms with Gasteiger partial charge in [-0.05, 0) is 36.8 Å². The summed E-state index contributed by atoms with van der Waals surface area (Å²) in [7, 11) is 0. The predicted octanol–water partition coefficient (Wildman–Crippen LogP) is 3.13. The molecule has 2 rings (SSSR count). The molecule has 5 heteroatoms. The highest BCUT2D eigenvalue weighted by molar-refractivity contribution is 5.90. The van der Waals surface area contributed by atoms with Crippen LogP contribution in [-0.2, 0) is 4.79 Å². The van der Waals surface area contributed by atoms with Crippen LogP contribution in [0.25, 0.3) is 0 Å². The average Bonchev–Trinajstić information content (AvgIpc) is 2.45. The molecule has 1 aliphatic carbocycles. The number of rotatable bonds is 4. The molecular weight excluding hydrogens is 271 g/mol. The average molecular weight is 292 g/mol. The number of hydrogen-bond acceptors (Lipinski definition) is 3. The van der Waals surface area contributed by atoms with E-state index in [0.29, 0.717) is 17.6 Å². The number of benzene rings is 1. The lowest BCUT2D eigenvalue weighted by Gasteiger charge is -2.26. The van der Waals surface area contributed by atoms with Crippen molar-refractivity contribution < 1.29 is 13.9 Å². The van der Waals surface area contributed by atoms with Crippen molar-refractivity contribution in [3.63, 3.8) is 0 Å². The van der Waals surface area contributed by atoms with E-state index >= 15 is 0 Å². The Morgan fingerprint density at radius 1 is 1.38 bits per heavy atom. The van der Waals surface area contributed by atoms with Gasteiger partial charge in [-0.2, -0.15) is 5.10 Å². The molecule has 1 fully saturated rings. The van der Waals surface area contributed by atoms with Gasteiger partial charge < -0.3 is 4.74 Å². The van der Waals surface area contributed by atoms with Gasteiger partial charge in [0.2, 0.25) is 0 Å². The van der Waals surface area contributed by atoms with E-state index in [-0.39, 0.29) is 12.5 Å². The van der Waals surface area contributed by atoms with Crippen molar-refractivity contribution in [3.8, 4) is 5.75 Å². The highest BCUT2D eigenvalue weighted by atomic mass is 19.1. The van der Waals surface area contributed by atoms with Crippen molar-refractivity contribution in [1.82, 2.24) is 5.43 Å². The van der Waals surface area contributed by atoms with Crippen LogP contribution >= 0.6 is 0 Å². The van der Waals surface area contributed by atoms with Crippen molar-refractivity contribution >= 4 is 11.6 Å². The highest BCUT2D eigenvalue weighted by Gasteiger charge is 2.23. The van der Waals surface area contributed by atoms with E-state index in [9.17, 15) is 9.18 Å². The third-order valence-corrected chi connectivity index (χ3v) is 3.76. The third kappa shape index (κ3) is 4.55. The molecule has 21 heavy (non-hydrogen) atoms. The molecule has 1 aromatic rings. The Balaban J connectivity index is 1.84. The summed E-state index contributed by atoms with van der Waals surface area (Å²) in [6.45, 7) is 4.08. The fourth-order valence-corrected chi connectivity index (χ4v) is 2.60. The monoisotopic (exact) mass is 292 g/mol. The van der Waals surface area contributed by atoms with Gasteiger partial charge in [-0.25, -0.2) is 9.82 Å². The van der Waals surface area contributed by atoms with E-state index in [0.717, 1.165) is 18.6 Å². The second kappa shape index (κ2) is 7.20.